The largest absolute Gasteiger partial charge is 0.310 e. The summed E-state index contributed by atoms with van der Waals surface area (Å²) in [6, 6.07) is 6.00. The first-order chi connectivity index (χ1) is 11.6. The first kappa shape index (κ1) is 14.9. The number of benzene rings is 1. The maximum atomic E-state index is 13.2. The molecule has 0 aliphatic carbocycles. The molecule has 24 heavy (non-hydrogen) atoms. The van der Waals surface area contributed by atoms with Crippen LogP contribution in [-0.2, 0) is 11.8 Å². The van der Waals surface area contributed by atoms with Gasteiger partial charge in [-0.25, -0.2) is 9.07 Å². The van der Waals surface area contributed by atoms with Gasteiger partial charge in [-0.15, -0.1) is 11.8 Å². The predicted octanol–water partition coefficient (Wildman–Crippen LogP) is 2.52. The van der Waals surface area contributed by atoms with Crippen molar-refractivity contribution in [3.63, 3.8) is 0 Å². The average Bonchev–Trinajstić information content (AvgIpc) is 3.12. The molecule has 6 nitrogen and oxygen atoms in total. The van der Waals surface area contributed by atoms with Gasteiger partial charge in [0.15, 0.2) is 0 Å². The molecule has 1 atom stereocenters. The van der Waals surface area contributed by atoms with Crippen LogP contribution in [0.2, 0.25) is 0 Å². The normalized spacial score (nSPS) is 17.2. The summed E-state index contributed by atoms with van der Waals surface area (Å²) in [6.45, 7) is 0. The van der Waals surface area contributed by atoms with Crippen LogP contribution < -0.4 is 5.32 Å². The molecular weight excluding hydrogens is 329 g/mol. The molecule has 0 radical (unpaired) electrons. The zero-order valence-electron chi connectivity index (χ0n) is 12.8. The SMILES string of the molecule is Cn1cc([C@H]2SCC(=O)Nc3c2cnn3-c2ccc(F)cc2)cn1. The van der Waals surface area contributed by atoms with Crippen LogP contribution >= 0.6 is 11.8 Å². The fraction of sp³-hybridized carbons (Fsp3) is 0.188. The molecule has 1 aliphatic rings. The second-order valence-corrected chi connectivity index (χ2v) is 6.62. The van der Waals surface area contributed by atoms with E-state index in [9.17, 15) is 9.18 Å². The maximum absolute atomic E-state index is 13.2. The number of rotatable bonds is 2. The standard InChI is InChI=1S/C16H14FN5OS/c1-21-8-10(6-18-21)15-13-7-19-22(12-4-2-11(17)3-5-12)16(13)20-14(23)9-24-15/h2-8,15H,9H2,1H3,(H,20,23)/t15-/m1/s1. The van der Waals surface area contributed by atoms with Crippen molar-refractivity contribution >= 4 is 23.5 Å². The minimum Gasteiger partial charge on any atom is -0.310 e. The Morgan fingerprint density at radius 1 is 1.25 bits per heavy atom. The van der Waals surface area contributed by atoms with Gasteiger partial charge in [0, 0.05) is 24.4 Å². The zero-order valence-corrected chi connectivity index (χ0v) is 13.6. The number of fused-ring (bicyclic) bond motifs is 1. The zero-order chi connectivity index (χ0) is 16.7. The lowest BCUT2D eigenvalue weighted by Gasteiger charge is -2.12. The molecule has 0 saturated heterocycles. The Bertz CT molecular complexity index is 902. The van der Waals surface area contributed by atoms with Crippen LogP contribution in [0.3, 0.4) is 0 Å². The van der Waals surface area contributed by atoms with Gasteiger partial charge >= 0.3 is 0 Å². The van der Waals surface area contributed by atoms with E-state index in [0.29, 0.717) is 17.3 Å². The highest BCUT2D eigenvalue weighted by Crippen LogP contribution is 2.41. The quantitative estimate of drug-likeness (QED) is 0.776. The van der Waals surface area contributed by atoms with Crippen molar-refractivity contribution in [2.45, 2.75) is 5.25 Å². The topological polar surface area (TPSA) is 64.7 Å². The maximum Gasteiger partial charge on any atom is 0.235 e. The third-order valence-corrected chi connectivity index (χ3v) is 5.11. The highest BCUT2D eigenvalue weighted by Gasteiger charge is 2.28. The molecular formula is C16H14FN5OS. The first-order valence-electron chi connectivity index (χ1n) is 7.35. The summed E-state index contributed by atoms with van der Waals surface area (Å²) in [7, 11) is 1.86. The Kier molecular flexibility index (Phi) is 3.61. The first-order valence-corrected chi connectivity index (χ1v) is 8.40. The van der Waals surface area contributed by atoms with Crippen LogP contribution in [-0.4, -0.2) is 31.2 Å². The Hall–Kier alpha value is -2.61. The summed E-state index contributed by atoms with van der Waals surface area (Å²) in [5.74, 6) is 0.560. The second-order valence-electron chi connectivity index (χ2n) is 5.52. The molecule has 2 aromatic heterocycles. The number of halogens is 1. The predicted molar refractivity (Wildman–Crippen MR) is 89.7 cm³/mol. The highest BCUT2D eigenvalue weighted by molar-refractivity contribution is 8.00. The van der Waals surface area contributed by atoms with Crippen molar-refractivity contribution in [2.24, 2.45) is 7.05 Å². The number of hydrogen-bond donors (Lipinski definition) is 1. The van der Waals surface area contributed by atoms with Crippen molar-refractivity contribution in [3.8, 4) is 5.69 Å². The molecule has 1 aliphatic heterocycles. The Balaban J connectivity index is 1.82. The average molecular weight is 343 g/mol. The Morgan fingerprint density at radius 2 is 2.04 bits per heavy atom. The van der Waals surface area contributed by atoms with E-state index in [-0.39, 0.29) is 17.0 Å². The summed E-state index contributed by atoms with van der Waals surface area (Å²) >= 11 is 1.53. The summed E-state index contributed by atoms with van der Waals surface area (Å²) in [6.07, 6.45) is 5.48. The molecule has 3 aromatic rings. The smallest absolute Gasteiger partial charge is 0.235 e. The number of thioether (sulfide) groups is 1. The molecule has 4 rings (SSSR count). The van der Waals surface area contributed by atoms with Crippen LogP contribution in [0.15, 0.2) is 42.9 Å². The minimum atomic E-state index is -0.315. The molecule has 0 saturated carbocycles. The molecule has 122 valence electrons. The highest BCUT2D eigenvalue weighted by atomic mass is 32.2. The second kappa shape index (κ2) is 5.79. The molecule has 8 heteroatoms. The van der Waals surface area contributed by atoms with Crippen molar-refractivity contribution < 1.29 is 9.18 Å². The van der Waals surface area contributed by atoms with Crippen LogP contribution in [0.5, 0.6) is 0 Å². The molecule has 3 heterocycles. The summed E-state index contributed by atoms with van der Waals surface area (Å²) < 4.78 is 16.5. The monoisotopic (exact) mass is 343 g/mol. The van der Waals surface area contributed by atoms with Crippen LogP contribution in [0.25, 0.3) is 5.69 Å². The molecule has 0 fully saturated rings. The van der Waals surface area contributed by atoms with Gasteiger partial charge in [0.25, 0.3) is 0 Å². The summed E-state index contributed by atoms with van der Waals surface area (Å²) in [5, 5.41) is 11.5. The molecule has 0 unspecified atom stereocenters. The van der Waals surface area contributed by atoms with E-state index in [1.165, 1.54) is 23.9 Å². The number of nitrogens with one attached hydrogen (secondary N) is 1. The van der Waals surface area contributed by atoms with Crippen LogP contribution in [0.1, 0.15) is 16.4 Å². The lowest BCUT2D eigenvalue weighted by Crippen LogP contribution is -2.15. The molecule has 0 bridgehead atoms. The third kappa shape index (κ3) is 2.58. The van der Waals surface area contributed by atoms with E-state index in [2.05, 4.69) is 15.5 Å². The van der Waals surface area contributed by atoms with Gasteiger partial charge < -0.3 is 5.32 Å². The van der Waals surface area contributed by atoms with E-state index in [0.717, 1.165) is 11.1 Å². The molecule has 1 aromatic carbocycles. The van der Waals surface area contributed by atoms with E-state index >= 15 is 0 Å². The number of carbonyl (C=O) groups is 1. The van der Waals surface area contributed by atoms with Crippen molar-refractivity contribution in [2.75, 3.05) is 11.1 Å². The molecule has 0 spiro atoms. The lowest BCUT2D eigenvalue weighted by atomic mass is 10.1. The van der Waals surface area contributed by atoms with Crippen molar-refractivity contribution in [1.29, 1.82) is 0 Å². The van der Waals surface area contributed by atoms with Gasteiger partial charge in [0.1, 0.15) is 11.6 Å². The van der Waals surface area contributed by atoms with Gasteiger partial charge in [-0.1, -0.05) is 0 Å². The number of aryl methyl sites for hydroxylation is 1. The summed E-state index contributed by atoms with van der Waals surface area (Å²) in [5.41, 5.74) is 2.61. The fourth-order valence-corrected chi connectivity index (χ4v) is 3.78. The number of hydrogen-bond acceptors (Lipinski definition) is 4. The van der Waals surface area contributed by atoms with Crippen LogP contribution in [0.4, 0.5) is 10.2 Å². The lowest BCUT2D eigenvalue weighted by molar-refractivity contribution is -0.113. The van der Waals surface area contributed by atoms with Gasteiger partial charge in [0.2, 0.25) is 5.91 Å². The van der Waals surface area contributed by atoms with Gasteiger partial charge in [-0.3, -0.25) is 9.48 Å². The molecule has 1 amide bonds. The van der Waals surface area contributed by atoms with E-state index in [1.807, 2.05) is 13.2 Å². The number of aromatic nitrogens is 4. The van der Waals surface area contributed by atoms with Gasteiger partial charge in [-0.05, 0) is 24.3 Å². The number of anilines is 1. The number of nitrogens with zero attached hydrogens (tertiary/aromatic N) is 4. The fourth-order valence-electron chi connectivity index (χ4n) is 2.72. The van der Waals surface area contributed by atoms with Crippen LogP contribution in [0, 0.1) is 5.82 Å². The Labute approximate surface area is 141 Å². The van der Waals surface area contributed by atoms with E-state index < -0.39 is 0 Å². The Morgan fingerprint density at radius 3 is 2.75 bits per heavy atom. The molecule has 1 N–H and O–H groups in total. The minimum absolute atomic E-state index is 0.0400. The van der Waals surface area contributed by atoms with Gasteiger partial charge in [0.05, 0.1) is 29.1 Å². The number of carbonyl (C=O) groups excluding carboxylic acids is 1. The van der Waals surface area contributed by atoms with Crippen molar-refractivity contribution in [3.05, 3.63) is 59.8 Å². The number of amides is 1. The van der Waals surface area contributed by atoms with Gasteiger partial charge in [-0.2, -0.15) is 10.2 Å². The van der Waals surface area contributed by atoms with Crippen molar-refractivity contribution in [1.82, 2.24) is 19.6 Å². The summed E-state index contributed by atoms with van der Waals surface area (Å²) in [4.78, 5) is 12.1. The third-order valence-electron chi connectivity index (χ3n) is 3.82. The van der Waals surface area contributed by atoms with E-state index in [1.54, 1.807) is 33.9 Å². The van der Waals surface area contributed by atoms with E-state index in [4.69, 9.17) is 0 Å².